The van der Waals surface area contributed by atoms with Crippen molar-refractivity contribution in [3.63, 3.8) is 0 Å². The molecule has 0 spiro atoms. The zero-order valence-electron chi connectivity index (χ0n) is 32.0. The van der Waals surface area contributed by atoms with E-state index < -0.39 is 0 Å². The molecule has 0 aromatic heterocycles. The van der Waals surface area contributed by atoms with Gasteiger partial charge in [-0.15, -0.1) is 0 Å². The van der Waals surface area contributed by atoms with Crippen LogP contribution < -0.4 is 0 Å². The number of allylic oxidation sites excluding steroid dienone is 5. The largest absolute Gasteiger partial charge is 0.462 e. The van der Waals surface area contributed by atoms with Crippen molar-refractivity contribution in [2.45, 2.75) is 195 Å². The predicted molar refractivity (Wildman–Crippen MR) is 202 cm³/mol. The highest BCUT2D eigenvalue weighted by molar-refractivity contribution is 5.69. The first kappa shape index (κ1) is 38.5. The average molecular weight is 649 g/mol. The molecule has 4 rings (SSSR count). The minimum absolute atomic E-state index is 0.0477. The highest BCUT2D eigenvalue weighted by Crippen LogP contribution is 2.67. The second kappa shape index (κ2) is 19.2. The quantitative estimate of drug-likeness (QED) is 0.0746. The molecule has 0 aromatic carbocycles. The van der Waals surface area contributed by atoms with Crippen molar-refractivity contribution in [1.82, 2.24) is 0 Å². The van der Waals surface area contributed by atoms with Crippen molar-refractivity contribution < 1.29 is 9.53 Å². The van der Waals surface area contributed by atoms with Gasteiger partial charge in [0.1, 0.15) is 6.10 Å². The molecular weight excluding hydrogens is 572 g/mol. The molecule has 0 aromatic rings. The van der Waals surface area contributed by atoms with Crippen molar-refractivity contribution in [1.29, 1.82) is 0 Å². The zero-order chi connectivity index (χ0) is 33.7. The summed E-state index contributed by atoms with van der Waals surface area (Å²) in [6.07, 6.45) is 40.5. The van der Waals surface area contributed by atoms with Gasteiger partial charge >= 0.3 is 5.97 Å². The Morgan fingerprint density at radius 2 is 1.55 bits per heavy atom. The summed E-state index contributed by atoms with van der Waals surface area (Å²) in [6, 6.07) is 0. The van der Waals surface area contributed by atoms with Gasteiger partial charge in [-0.3, -0.25) is 4.79 Å². The third-order valence-electron chi connectivity index (χ3n) is 13.9. The molecule has 0 heterocycles. The molecule has 0 radical (unpaired) electrons. The molecule has 47 heavy (non-hydrogen) atoms. The van der Waals surface area contributed by atoms with E-state index in [-0.39, 0.29) is 12.1 Å². The predicted octanol–water partition coefficient (Wildman–Crippen LogP) is 13.8. The van der Waals surface area contributed by atoms with Gasteiger partial charge in [0.15, 0.2) is 0 Å². The first-order valence-corrected chi connectivity index (χ1v) is 20.9. The van der Waals surface area contributed by atoms with E-state index in [0.29, 0.717) is 17.3 Å². The average Bonchev–Trinajstić information content (AvgIpc) is 3.40. The summed E-state index contributed by atoms with van der Waals surface area (Å²) in [4.78, 5) is 12.8. The monoisotopic (exact) mass is 649 g/mol. The fraction of sp³-hybridized carbons (Fsp3) is 0.844. The third-order valence-corrected chi connectivity index (χ3v) is 13.9. The molecule has 2 nitrogen and oxygen atoms in total. The molecular formula is C45H76O2. The first-order chi connectivity index (χ1) is 22.7. The smallest absolute Gasteiger partial charge is 0.306 e. The van der Waals surface area contributed by atoms with Crippen LogP contribution in [0.3, 0.4) is 0 Å². The second-order valence-corrected chi connectivity index (χ2v) is 17.6. The molecule has 3 saturated carbocycles. The second-order valence-electron chi connectivity index (χ2n) is 17.6. The van der Waals surface area contributed by atoms with Crippen molar-refractivity contribution in [2.75, 3.05) is 0 Å². The van der Waals surface area contributed by atoms with E-state index in [2.05, 4.69) is 71.9 Å². The molecule has 0 N–H and O–H groups in total. The molecule has 0 amide bonds. The summed E-state index contributed by atoms with van der Waals surface area (Å²) in [5.74, 6) is 5.30. The summed E-state index contributed by atoms with van der Waals surface area (Å²) < 4.78 is 6.12. The van der Waals surface area contributed by atoms with E-state index in [0.717, 1.165) is 67.6 Å². The van der Waals surface area contributed by atoms with Crippen LogP contribution in [-0.2, 0) is 9.53 Å². The summed E-state index contributed by atoms with van der Waals surface area (Å²) in [7, 11) is 0. The molecule has 1 unspecified atom stereocenters. The van der Waals surface area contributed by atoms with Gasteiger partial charge in [-0.05, 0) is 130 Å². The number of esters is 1. The van der Waals surface area contributed by atoms with Crippen LogP contribution in [0.4, 0.5) is 0 Å². The van der Waals surface area contributed by atoms with Crippen LogP contribution in [-0.4, -0.2) is 12.1 Å². The maximum atomic E-state index is 12.8. The number of ether oxygens (including phenoxy) is 1. The maximum Gasteiger partial charge on any atom is 0.306 e. The molecule has 0 bridgehead atoms. The van der Waals surface area contributed by atoms with Gasteiger partial charge in [0.25, 0.3) is 0 Å². The van der Waals surface area contributed by atoms with Crippen LogP contribution in [0.1, 0.15) is 189 Å². The van der Waals surface area contributed by atoms with Crippen LogP contribution in [0, 0.1) is 46.3 Å². The molecule has 2 heteroatoms. The van der Waals surface area contributed by atoms with Crippen LogP contribution >= 0.6 is 0 Å². The molecule has 8 atom stereocenters. The highest BCUT2D eigenvalue weighted by Gasteiger charge is 2.59. The molecule has 268 valence electrons. The SMILES string of the molecule is CCCCC/C=C\C/C=C/CCCCCCCC(=O)O[C@H]1CC[C@@]2(C)C(=CC[C@@H]3[C@@H]2CC[C@]2(C)C([C@H](C)CCCC(C)C)CC[C@@H]32)C1. The summed E-state index contributed by atoms with van der Waals surface area (Å²) >= 11 is 0. The number of fused-ring (bicyclic) bond motifs is 5. The fourth-order valence-electron chi connectivity index (χ4n) is 11.1. The van der Waals surface area contributed by atoms with Crippen molar-refractivity contribution in [3.8, 4) is 0 Å². The van der Waals surface area contributed by atoms with Gasteiger partial charge in [0.2, 0.25) is 0 Å². The zero-order valence-corrected chi connectivity index (χ0v) is 32.0. The van der Waals surface area contributed by atoms with E-state index >= 15 is 0 Å². The van der Waals surface area contributed by atoms with Gasteiger partial charge in [-0.1, -0.05) is 129 Å². The minimum Gasteiger partial charge on any atom is -0.462 e. The number of hydrogen-bond donors (Lipinski definition) is 0. The van der Waals surface area contributed by atoms with Crippen molar-refractivity contribution in [3.05, 3.63) is 36.0 Å². The molecule has 0 aliphatic heterocycles. The van der Waals surface area contributed by atoms with Gasteiger partial charge in [-0.2, -0.15) is 0 Å². The lowest BCUT2D eigenvalue weighted by molar-refractivity contribution is -0.151. The molecule has 3 fully saturated rings. The van der Waals surface area contributed by atoms with E-state index in [4.69, 9.17) is 4.74 Å². The standard InChI is InChI=1S/C45H76O2/c1-7-8-9-10-11-12-13-14-15-16-17-18-19-20-21-25-43(46)47-38-30-32-44(5)37(34-38)26-27-39-41-29-28-40(36(4)24-22-23-35(2)3)45(41,6)33-31-42(39)44/h11-12,14-15,26,35-36,38-42H,7-10,13,16-25,27-34H2,1-6H3/b12-11-,15-14+/t36-,38+,39+,40?,41+,42+,44+,45-/m1/s1. The number of rotatable bonds is 20. The van der Waals surface area contributed by atoms with Gasteiger partial charge < -0.3 is 4.74 Å². The Hall–Kier alpha value is -1.31. The molecule has 0 saturated heterocycles. The van der Waals surface area contributed by atoms with Crippen molar-refractivity contribution >= 4 is 5.97 Å². The van der Waals surface area contributed by atoms with Gasteiger partial charge in [0, 0.05) is 12.8 Å². The summed E-state index contributed by atoms with van der Waals surface area (Å²) in [5.41, 5.74) is 2.52. The summed E-state index contributed by atoms with van der Waals surface area (Å²) in [6.45, 7) is 14.9. The molecule has 4 aliphatic carbocycles. The van der Waals surface area contributed by atoms with E-state index in [1.54, 1.807) is 5.57 Å². The lowest BCUT2D eigenvalue weighted by Gasteiger charge is -2.58. The van der Waals surface area contributed by atoms with E-state index in [1.165, 1.54) is 109 Å². The molecule has 4 aliphatic rings. The number of carbonyl (C=O) groups is 1. The third kappa shape index (κ3) is 10.6. The van der Waals surface area contributed by atoms with E-state index in [9.17, 15) is 4.79 Å². The Morgan fingerprint density at radius 1 is 0.830 bits per heavy atom. The highest BCUT2D eigenvalue weighted by atomic mass is 16.5. The Morgan fingerprint density at radius 3 is 2.30 bits per heavy atom. The minimum atomic E-state index is 0.0477. The number of unbranched alkanes of at least 4 members (excludes halogenated alkanes) is 8. The number of carbonyl (C=O) groups excluding carboxylic acids is 1. The van der Waals surface area contributed by atoms with Crippen LogP contribution in [0.15, 0.2) is 36.0 Å². The van der Waals surface area contributed by atoms with Gasteiger partial charge in [-0.25, -0.2) is 0 Å². The van der Waals surface area contributed by atoms with Crippen molar-refractivity contribution in [2.24, 2.45) is 46.3 Å². The van der Waals surface area contributed by atoms with Gasteiger partial charge in [0.05, 0.1) is 0 Å². The lowest BCUT2D eigenvalue weighted by Crippen LogP contribution is -2.51. The van der Waals surface area contributed by atoms with Crippen LogP contribution in [0.25, 0.3) is 0 Å². The van der Waals surface area contributed by atoms with Crippen LogP contribution in [0.2, 0.25) is 0 Å². The summed E-state index contributed by atoms with van der Waals surface area (Å²) in [5, 5.41) is 0. The Kier molecular flexibility index (Phi) is 15.7. The Labute approximate surface area is 292 Å². The Balaban J connectivity index is 1.13. The number of hydrogen-bond acceptors (Lipinski definition) is 2. The van der Waals surface area contributed by atoms with E-state index in [1.807, 2.05) is 0 Å². The Bertz CT molecular complexity index is 1020. The fourth-order valence-corrected chi connectivity index (χ4v) is 11.1. The topological polar surface area (TPSA) is 26.3 Å². The van der Waals surface area contributed by atoms with Crippen LogP contribution in [0.5, 0.6) is 0 Å². The maximum absolute atomic E-state index is 12.8. The normalized spacial score (nSPS) is 32.7. The lowest BCUT2D eigenvalue weighted by atomic mass is 9.47. The first-order valence-electron chi connectivity index (χ1n) is 20.9.